The van der Waals surface area contributed by atoms with Gasteiger partial charge in [0.25, 0.3) is 6.42 Å². The number of nitrogens with zero attached hydrogens (tertiary/aromatic N) is 7. The summed E-state index contributed by atoms with van der Waals surface area (Å²) >= 11 is 0. The van der Waals surface area contributed by atoms with Crippen molar-refractivity contribution < 1.29 is 8.78 Å². The molecule has 0 amide bonds. The van der Waals surface area contributed by atoms with Crippen LogP contribution in [0.25, 0.3) is 0 Å². The maximum absolute atomic E-state index is 13.5. The van der Waals surface area contributed by atoms with Crippen molar-refractivity contribution in [3.05, 3.63) is 6.08 Å². The van der Waals surface area contributed by atoms with Gasteiger partial charge in [-0.2, -0.15) is 28.7 Å². The first-order valence-corrected chi connectivity index (χ1v) is 6.26. The van der Waals surface area contributed by atoms with Crippen LogP contribution in [0.1, 0.15) is 13.8 Å². The van der Waals surface area contributed by atoms with Gasteiger partial charge in [0.1, 0.15) is 6.34 Å². The number of nitrogens with one attached hydrogen (secondary N) is 1. The molecule has 0 saturated heterocycles. The molecule has 0 radical (unpaired) electrons. The molecule has 21 heavy (non-hydrogen) atoms. The minimum Gasteiger partial charge on any atom is -0.353 e. The number of rotatable bonds is 3. The fourth-order valence-corrected chi connectivity index (χ4v) is 1.52. The topological polar surface area (TPSA) is 81.9 Å². The highest BCUT2D eigenvalue weighted by atomic mass is 19.1. The van der Waals surface area contributed by atoms with Crippen LogP contribution in [0.3, 0.4) is 0 Å². The summed E-state index contributed by atoms with van der Waals surface area (Å²) < 4.78 is 26.8. The zero-order chi connectivity index (χ0) is 15.6. The highest BCUT2D eigenvalue weighted by Gasteiger charge is 2.23. The Morgan fingerprint density at radius 1 is 1.29 bits per heavy atom. The Balaban J connectivity index is 2.39. The molecular weight excluding hydrogens is 282 g/mol. The van der Waals surface area contributed by atoms with E-state index in [1.165, 1.54) is 9.80 Å². The Bertz CT molecular complexity index is 571. The number of halogens is 2. The van der Waals surface area contributed by atoms with E-state index in [2.05, 4.69) is 30.3 Å². The Labute approximate surface area is 120 Å². The summed E-state index contributed by atoms with van der Waals surface area (Å²) in [5.41, 5.74) is 0. The highest BCUT2D eigenvalue weighted by molar-refractivity contribution is 6.09. The molecule has 10 heteroatoms. The second kappa shape index (κ2) is 5.94. The summed E-state index contributed by atoms with van der Waals surface area (Å²) in [5, 5.41) is 2.94. The van der Waals surface area contributed by atoms with Crippen molar-refractivity contribution in [1.82, 2.24) is 20.3 Å². The molecule has 8 nitrogen and oxygen atoms in total. The summed E-state index contributed by atoms with van der Waals surface area (Å²) in [4.78, 5) is 21.3. The van der Waals surface area contributed by atoms with Gasteiger partial charge in [-0.25, -0.2) is 9.89 Å². The minimum atomic E-state index is -1.71. The smallest absolute Gasteiger partial charge is 0.315 e. The number of aliphatic imine (C=N–C) groups is 2. The predicted octanol–water partition coefficient (Wildman–Crippen LogP) is 0.532. The Hall–Kier alpha value is -2.39. The summed E-state index contributed by atoms with van der Waals surface area (Å²) in [6.45, 7) is 3.72. The molecule has 0 fully saturated rings. The van der Waals surface area contributed by atoms with Crippen LogP contribution in [0.15, 0.2) is 9.98 Å². The maximum atomic E-state index is 13.5. The van der Waals surface area contributed by atoms with E-state index in [4.69, 9.17) is 0 Å². The van der Waals surface area contributed by atoms with Gasteiger partial charge >= 0.3 is 6.08 Å². The van der Waals surface area contributed by atoms with E-state index in [0.29, 0.717) is 0 Å². The minimum absolute atomic E-state index is 0.00930. The van der Waals surface area contributed by atoms with Crippen molar-refractivity contribution in [3.8, 4) is 0 Å². The van der Waals surface area contributed by atoms with Crippen LogP contribution in [-0.2, 0) is 0 Å². The number of guanidine groups is 1. The third kappa shape index (κ3) is 3.58. The van der Waals surface area contributed by atoms with Crippen molar-refractivity contribution >= 4 is 24.2 Å². The normalized spacial score (nSPS) is 18.0. The summed E-state index contributed by atoms with van der Waals surface area (Å²) in [6, 6.07) is -0.00930. The van der Waals surface area contributed by atoms with Crippen LogP contribution in [-0.4, -0.2) is 53.8 Å². The molecule has 2 heterocycles. The monoisotopic (exact) mass is 298 g/mol. The number of hydrogen-bond acceptors (Lipinski definition) is 8. The van der Waals surface area contributed by atoms with Gasteiger partial charge in [-0.15, -0.1) is 0 Å². The molecule has 1 atom stereocenters. The van der Waals surface area contributed by atoms with E-state index in [0.717, 1.165) is 6.34 Å². The number of alkyl halides is 1. The third-order valence-electron chi connectivity index (χ3n) is 2.38. The lowest BCUT2D eigenvalue weighted by atomic mass is 10.4. The molecule has 1 aromatic rings. The van der Waals surface area contributed by atoms with Gasteiger partial charge in [-0.1, -0.05) is 0 Å². The van der Waals surface area contributed by atoms with Gasteiger partial charge in [0.05, 0.1) is 0 Å². The summed E-state index contributed by atoms with van der Waals surface area (Å²) in [6.07, 6.45) is -1.48. The molecule has 114 valence electrons. The largest absolute Gasteiger partial charge is 0.353 e. The first-order valence-electron chi connectivity index (χ1n) is 6.26. The van der Waals surface area contributed by atoms with Crippen LogP contribution in [0, 0.1) is 6.08 Å². The molecule has 1 unspecified atom stereocenters. The van der Waals surface area contributed by atoms with Crippen molar-refractivity contribution in [2.24, 2.45) is 9.98 Å². The molecule has 1 aromatic heterocycles. The molecule has 0 bridgehead atoms. The third-order valence-corrected chi connectivity index (χ3v) is 2.38. The van der Waals surface area contributed by atoms with Gasteiger partial charge in [-0.05, 0) is 13.8 Å². The average molecular weight is 298 g/mol. The lowest BCUT2D eigenvalue weighted by molar-refractivity contribution is 0.357. The SMILES string of the molecule is CC(C)NC1=NC(F)N=CN1c1nc(F)nc(N(C)C)n1. The Kier molecular flexibility index (Phi) is 4.24. The van der Waals surface area contributed by atoms with Gasteiger partial charge in [0.15, 0.2) is 0 Å². The fraction of sp³-hybridized carbons (Fsp3) is 0.545. The number of aromatic nitrogens is 3. The number of anilines is 2. The highest BCUT2D eigenvalue weighted by Crippen LogP contribution is 2.14. The fourth-order valence-electron chi connectivity index (χ4n) is 1.52. The average Bonchev–Trinajstić information content (AvgIpc) is 2.37. The Morgan fingerprint density at radius 2 is 2.00 bits per heavy atom. The van der Waals surface area contributed by atoms with E-state index in [-0.39, 0.29) is 23.9 Å². The van der Waals surface area contributed by atoms with E-state index >= 15 is 0 Å². The summed E-state index contributed by atoms with van der Waals surface area (Å²) in [7, 11) is 3.34. The van der Waals surface area contributed by atoms with Crippen LogP contribution in [0.5, 0.6) is 0 Å². The molecular formula is C11H16F2N8. The Morgan fingerprint density at radius 3 is 2.62 bits per heavy atom. The number of hydrogen-bond donors (Lipinski definition) is 1. The zero-order valence-corrected chi connectivity index (χ0v) is 12.1. The van der Waals surface area contributed by atoms with Crippen LogP contribution in [0.2, 0.25) is 0 Å². The second-order valence-electron chi connectivity index (χ2n) is 4.80. The maximum Gasteiger partial charge on any atom is 0.315 e. The summed E-state index contributed by atoms with van der Waals surface area (Å²) in [5.74, 6) is 0.258. The molecule has 1 aliphatic rings. The lowest BCUT2D eigenvalue weighted by Crippen LogP contribution is -2.47. The molecule has 0 aliphatic carbocycles. The van der Waals surface area contributed by atoms with Gasteiger partial charge in [-0.3, -0.25) is 0 Å². The van der Waals surface area contributed by atoms with E-state index in [9.17, 15) is 8.78 Å². The van der Waals surface area contributed by atoms with Crippen LogP contribution < -0.4 is 15.1 Å². The van der Waals surface area contributed by atoms with Crippen LogP contribution >= 0.6 is 0 Å². The van der Waals surface area contributed by atoms with Crippen LogP contribution in [0.4, 0.5) is 20.7 Å². The zero-order valence-electron chi connectivity index (χ0n) is 12.1. The van der Waals surface area contributed by atoms with Gasteiger partial charge in [0, 0.05) is 20.1 Å². The lowest BCUT2D eigenvalue weighted by Gasteiger charge is -2.25. The molecule has 0 aromatic carbocycles. The predicted molar refractivity (Wildman–Crippen MR) is 75.7 cm³/mol. The first-order chi connectivity index (χ1) is 9.86. The second-order valence-corrected chi connectivity index (χ2v) is 4.80. The van der Waals surface area contributed by atoms with Crippen molar-refractivity contribution in [3.63, 3.8) is 0 Å². The van der Waals surface area contributed by atoms with Gasteiger partial charge in [0.2, 0.25) is 17.9 Å². The van der Waals surface area contributed by atoms with E-state index in [1.807, 2.05) is 13.8 Å². The molecule has 1 N–H and O–H groups in total. The molecule has 0 saturated carbocycles. The van der Waals surface area contributed by atoms with Crippen molar-refractivity contribution in [1.29, 1.82) is 0 Å². The first kappa shape index (κ1) is 15.0. The van der Waals surface area contributed by atoms with Crippen molar-refractivity contribution in [2.45, 2.75) is 26.3 Å². The standard InChI is InChI=1S/C11H16F2N8/c1-6(2)15-10-16-7(12)14-5-21(10)11-18-8(13)17-9(19-11)20(3)4/h5-7H,1-4H3,(H,15,16). The van der Waals surface area contributed by atoms with E-state index in [1.54, 1.807) is 14.1 Å². The van der Waals surface area contributed by atoms with Crippen molar-refractivity contribution in [2.75, 3.05) is 23.9 Å². The molecule has 0 spiro atoms. The molecule has 1 aliphatic heterocycles. The van der Waals surface area contributed by atoms with Gasteiger partial charge < -0.3 is 10.2 Å². The molecule has 2 rings (SSSR count). The van der Waals surface area contributed by atoms with E-state index < -0.39 is 12.5 Å². The quantitative estimate of drug-likeness (QED) is 0.820.